The summed E-state index contributed by atoms with van der Waals surface area (Å²) in [6, 6.07) is 12.8. The molecule has 4 nitrogen and oxygen atoms in total. The van der Waals surface area contributed by atoms with Gasteiger partial charge in [0, 0.05) is 5.56 Å². The number of carbonyl (C=O) groups excluding carboxylic acids is 1. The summed E-state index contributed by atoms with van der Waals surface area (Å²) in [7, 11) is 0. The van der Waals surface area contributed by atoms with Gasteiger partial charge in [0.15, 0.2) is 0 Å². The van der Waals surface area contributed by atoms with Gasteiger partial charge in [-0.2, -0.15) is 0 Å². The third-order valence-electron chi connectivity index (χ3n) is 3.55. The van der Waals surface area contributed by atoms with Crippen LogP contribution in [0.15, 0.2) is 46.9 Å². The summed E-state index contributed by atoms with van der Waals surface area (Å²) in [5, 5.41) is 2.92. The highest BCUT2D eigenvalue weighted by atomic mass is 79.9. The maximum Gasteiger partial charge on any atom is 0.255 e. The molecule has 0 radical (unpaired) electrons. The van der Waals surface area contributed by atoms with Crippen molar-refractivity contribution in [2.75, 3.05) is 18.5 Å². The molecule has 2 aromatic carbocycles. The molecule has 2 aromatic rings. The van der Waals surface area contributed by atoms with Crippen molar-refractivity contribution in [2.45, 2.75) is 33.1 Å². The molecule has 0 saturated heterocycles. The van der Waals surface area contributed by atoms with E-state index in [1.54, 1.807) is 18.2 Å². The van der Waals surface area contributed by atoms with Crippen LogP contribution in [0.1, 0.15) is 43.5 Å². The topological polar surface area (TPSA) is 47.6 Å². The first kappa shape index (κ1) is 19.3. The first-order chi connectivity index (χ1) is 12.2. The second-order valence-corrected chi connectivity index (χ2v) is 6.50. The Balaban J connectivity index is 2.08. The third-order valence-corrected chi connectivity index (χ3v) is 4.17. The lowest BCUT2D eigenvalue weighted by atomic mass is 10.2. The smallest absolute Gasteiger partial charge is 0.255 e. The number of carbonyl (C=O) groups is 1. The van der Waals surface area contributed by atoms with E-state index in [-0.39, 0.29) is 5.91 Å². The Morgan fingerprint density at radius 2 is 1.76 bits per heavy atom. The van der Waals surface area contributed by atoms with Gasteiger partial charge in [-0.25, -0.2) is 0 Å². The van der Waals surface area contributed by atoms with Crippen molar-refractivity contribution < 1.29 is 14.3 Å². The second kappa shape index (κ2) is 10.1. The molecule has 5 heteroatoms. The van der Waals surface area contributed by atoms with Gasteiger partial charge in [0.25, 0.3) is 5.91 Å². The molecule has 2 rings (SSSR count). The SMILES string of the molecule is CCCCOc1ccccc1NC(=O)c1ccc(OCCC)c(Br)c1. The number of unbranched alkanes of at least 4 members (excludes halogenated alkanes) is 1. The fourth-order valence-electron chi connectivity index (χ4n) is 2.19. The normalized spacial score (nSPS) is 10.4. The van der Waals surface area contributed by atoms with Gasteiger partial charge in [-0.15, -0.1) is 0 Å². The quantitative estimate of drug-likeness (QED) is 0.546. The molecular formula is C20H24BrNO3. The number of benzene rings is 2. The van der Waals surface area contributed by atoms with E-state index in [1.165, 1.54) is 0 Å². The lowest BCUT2D eigenvalue weighted by Gasteiger charge is -2.13. The Hall–Kier alpha value is -2.01. The highest BCUT2D eigenvalue weighted by Crippen LogP contribution is 2.28. The number of ether oxygens (including phenoxy) is 2. The fourth-order valence-corrected chi connectivity index (χ4v) is 2.68. The van der Waals surface area contributed by atoms with Crippen molar-refractivity contribution in [3.63, 3.8) is 0 Å². The Labute approximate surface area is 157 Å². The number of rotatable bonds is 9. The molecular weight excluding hydrogens is 382 g/mol. The molecule has 0 unspecified atom stereocenters. The van der Waals surface area contributed by atoms with E-state index in [9.17, 15) is 4.79 Å². The molecule has 1 N–H and O–H groups in total. The highest BCUT2D eigenvalue weighted by molar-refractivity contribution is 9.10. The van der Waals surface area contributed by atoms with Crippen LogP contribution in [0.25, 0.3) is 0 Å². The van der Waals surface area contributed by atoms with E-state index in [1.807, 2.05) is 24.3 Å². The van der Waals surface area contributed by atoms with Crippen LogP contribution < -0.4 is 14.8 Å². The minimum absolute atomic E-state index is 0.186. The van der Waals surface area contributed by atoms with Crippen LogP contribution in [-0.2, 0) is 0 Å². The van der Waals surface area contributed by atoms with Gasteiger partial charge in [0.1, 0.15) is 11.5 Å². The zero-order valence-corrected chi connectivity index (χ0v) is 16.3. The van der Waals surface area contributed by atoms with Crippen molar-refractivity contribution >= 4 is 27.5 Å². The van der Waals surface area contributed by atoms with E-state index in [0.29, 0.717) is 30.2 Å². The molecule has 0 aromatic heterocycles. The van der Waals surface area contributed by atoms with E-state index in [4.69, 9.17) is 9.47 Å². The van der Waals surface area contributed by atoms with Gasteiger partial charge in [-0.3, -0.25) is 4.79 Å². The summed E-state index contributed by atoms with van der Waals surface area (Å²) in [4.78, 5) is 12.5. The molecule has 0 atom stereocenters. The molecule has 0 saturated carbocycles. The Bertz CT molecular complexity index is 703. The summed E-state index contributed by atoms with van der Waals surface area (Å²) >= 11 is 3.46. The molecule has 0 aliphatic carbocycles. The first-order valence-electron chi connectivity index (χ1n) is 8.61. The second-order valence-electron chi connectivity index (χ2n) is 5.65. The van der Waals surface area contributed by atoms with Crippen molar-refractivity contribution in [1.29, 1.82) is 0 Å². The average molecular weight is 406 g/mol. The lowest BCUT2D eigenvalue weighted by Crippen LogP contribution is -2.13. The number of hydrogen-bond donors (Lipinski definition) is 1. The van der Waals surface area contributed by atoms with Crippen LogP contribution >= 0.6 is 15.9 Å². The van der Waals surface area contributed by atoms with Gasteiger partial charge >= 0.3 is 0 Å². The van der Waals surface area contributed by atoms with E-state index in [2.05, 4.69) is 35.1 Å². The standard InChI is InChI=1S/C20H24BrNO3/c1-3-5-13-25-19-9-7-6-8-17(19)22-20(23)15-10-11-18(16(21)14-15)24-12-4-2/h6-11,14H,3-5,12-13H2,1-2H3,(H,22,23). The highest BCUT2D eigenvalue weighted by Gasteiger charge is 2.12. The average Bonchev–Trinajstić information content (AvgIpc) is 2.62. The van der Waals surface area contributed by atoms with Crippen LogP contribution in [0.3, 0.4) is 0 Å². The molecule has 0 aliphatic rings. The maximum absolute atomic E-state index is 12.5. The minimum Gasteiger partial charge on any atom is -0.492 e. The van der Waals surface area contributed by atoms with Crippen LogP contribution in [0.5, 0.6) is 11.5 Å². The molecule has 134 valence electrons. The van der Waals surface area contributed by atoms with E-state index < -0.39 is 0 Å². The van der Waals surface area contributed by atoms with Gasteiger partial charge in [-0.1, -0.05) is 32.4 Å². The molecule has 25 heavy (non-hydrogen) atoms. The number of nitrogens with one attached hydrogen (secondary N) is 1. The number of amides is 1. The van der Waals surface area contributed by atoms with Gasteiger partial charge in [-0.05, 0) is 59.1 Å². The summed E-state index contributed by atoms with van der Waals surface area (Å²) < 4.78 is 12.1. The summed E-state index contributed by atoms with van der Waals surface area (Å²) in [5.41, 5.74) is 1.23. The molecule has 0 aliphatic heterocycles. The van der Waals surface area contributed by atoms with Crippen LogP contribution in [0.2, 0.25) is 0 Å². The van der Waals surface area contributed by atoms with Gasteiger partial charge in [0.05, 0.1) is 23.4 Å². The summed E-state index contributed by atoms with van der Waals surface area (Å²) in [6.07, 6.45) is 2.98. The maximum atomic E-state index is 12.5. The van der Waals surface area contributed by atoms with Crippen LogP contribution in [0.4, 0.5) is 5.69 Å². The first-order valence-corrected chi connectivity index (χ1v) is 9.40. The van der Waals surface area contributed by atoms with Gasteiger partial charge in [0.2, 0.25) is 0 Å². The molecule has 0 heterocycles. The Morgan fingerprint density at radius 3 is 2.48 bits per heavy atom. The zero-order valence-electron chi connectivity index (χ0n) is 14.7. The number of halogens is 1. The molecule has 0 bridgehead atoms. The van der Waals surface area contributed by atoms with E-state index >= 15 is 0 Å². The zero-order chi connectivity index (χ0) is 18.1. The van der Waals surface area contributed by atoms with Crippen molar-refractivity contribution in [2.24, 2.45) is 0 Å². The van der Waals surface area contributed by atoms with Crippen molar-refractivity contribution in [3.05, 3.63) is 52.5 Å². The fraction of sp³-hybridized carbons (Fsp3) is 0.350. The Kier molecular flexibility index (Phi) is 7.79. The van der Waals surface area contributed by atoms with E-state index in [0.717, 1.165) is 29.5 Å². The van der Waals surface area contributed by atoms with Crippen LogP contribution in [-0.4, -0.2) is 19.1 Å². The van der Waals surface area contributed by atoms with Gasteiger partial charge < -0.3 is 14.8 Å². The third kappa shape index (κ3) is 5.78. The molecule has 1 amide bonds. The Morgan fingerprint density at radius 1 is 1.00 bits per heavy atom. The predicted molar refractivity (Wildman–Crippen MR) is 105 cm³/mol. The largest absolute Gasteiger partial charge is 0.492 e. The minimum atomic E-state index is -0.186. The summed E-state index contributed by atoms with van der Waals surface area (Å²) in [5.74, 6) is 1.24. The number of hydrogen-bond acceptors (Lipinski definition) is 3. The number of para-hydroxylation sites is 2. The van der Waals surface area contributed by atoms with Crippen LogP contribution in [0, 0.1) is 0 Å². The monoisotopic (exact) mass is 405 g/mol. The predicted octanol–water partition coefficient (Wildman–Crippen LogP) is 5.67. The lowest BCUT2D eigenvalue weighted by molar-refractivity contribution is 0.102. The molecule has 0 spiro atoms. The number of anilines is 1. The molecule has 0 fully saturated rings. The van der Waals surface area contributed by atoms with Crippen molar-refractivity contribution in [1.82, 2.24) is 0 Å². The summed E-state index contributed by atoms with van der Waals surface area (Å²) in [6.45, 7) is 5.45. The van der Waals surface area contributed by atoms with Crippen molar-refractivity contribution in [3.8, 4) is 11.5 Å².